The summed E-state index contributed by atoms with van der Waals surface area (Å²) in [5, 5.41) is 28.0. The van der Waals surface area contributed by atoms with E-state index in [0.29, 0.717) is 0 Å². The fourth-order valence-electron chi connectivity index (χ4n) is 23.4. The van der Waals surface area contributed by atoms with Crippen LogP contribution in [-0.4, -0.2) is 0 Å². The molecule has 0 aliphatic heterocycles. The summed E-state index contributed by atoms with van der Waals surface area (Å²) in [6.45, 7) is 0. The lowest BCUT2D eigenvalue weighted by Gasteiger charge is -2.29. The van der Waals surface area contributed by atoms with Crippen molar-refractivity contribution in [2.75, 3.05) is 19.6 Å². The van der Waals surface area contributed by atoms with Gasteiger partial charge in [0.15, 0.2) is 11.2 Å². The van der Waals surface area contributed by atoms with Gasteiger partial charge in [-0.2, -0.15) is 0 Å². The van der Waals surface area contributed by atoms with Crippen LogP contribution in [0.2, 0.25) is 0 Å². The van der Waals surface area contributed by atoms with Gasteiger partial charge in [0.2, 0.25) is 0 Å². The highest BCUT2D eigenvalue weighted by Gasteiger charge is 2.30. The van der Waals surface area contributed by atoms with Crippen molar-refractivity contribution < 1.29 is 17.7 Å². The molecule has 26 aromatic carbocycles. The van der Waals surface area contributed by atoms with Gasteiger partial charge >= 0.3 is 0 Å². The third-order valence-corrected chi connectivity index (χ3v) is 30.0. The fourth-order valence-corrected chi connectivity index (χ4v) is 23.4. The molecule has 0 saturated heterocycles. The van der Waals surface area contributed by atoms with Gasteiger partial charge in [0.1, 0.15) is 33.5 Å². The number of nitrogens with zero attached hydrogens (tertiary/aromatic N) is 4. The summed E-state index contributed by atoms with van der Waals surface area (Å²) in [7, 11) is 0. The van der Waals surface area contributed by atoms with Crippen LogP contribution < -0.4 is 19.6 Å². The molecular weight excluding hydrogens is 1800 g/mol. The molecule has 0 unspecified atom stereocenters. The highest BCUT2D eigenvalue weighted by Crippen LogP contribution is 2.54. The first-order valence-corrected chi connectivity index (χ1v) is 50.5. The van der Waals surface area contributed by atoms with E-state index in [0.717, 1.165) is 206 Å². The van der Waals surface area contributed by atoms with Crippen LogP contribution in [0.15, 0.2) is 552 Å². The summed E-state index contributed by atoms with van der Waals surface area (Å²) in [6, 6.07) is 192. The van der Waals surface area contributed by atoms with E-state index in [1.807, 2.05) is 24.3 Å². The first kappa shape index (κ1) is 85.0. The van der Waals surface area contributed by atoms with Crippen LogP contribution in [-0.2, 0) is 0 Å². The Morgan fingerprint density at radius 2 is 0.378 bits per heavy atom. The van der Waals surface area contributed by atoms with Gasteiger partial charge in [-0.05, 0) is 242 Å². The third-order valence-electron chi connectivity index (χ3n) is 30.0. The number of para-hydroxylation sites is 10. The second-order valence-corrected chi connectivity index (χ2v) is 38.3. The van der Waals surface area contributed by atoms with Crippen molar-refractivity contribution in [1.82, 2.24) is 0 Å². The van der Waals surface area contributed by atoms with Gasteiger partial charge in [-0.25, -0.2) is 0 Å². The van der Waals surface area contributed by atoms with Gasteiger partial charge in [-0.3, -0.25) is 0 Å². The molecule has 0 aliphatic carbocycles. The van der Waals surface area contributed by atoms with Crippen LogP contribution in [0.5, 0.6) is 0 Å². The van der Waals surface area contributed by atoms with Gasteiger partial charge in [0.25, 0.3) is 0 Å². The molecule has 0 bridgehead atoms. The lowest BCUT2D eigenvalue weighted by Crippen LogP contribution is -2.11. The summed E-state index contributed by atoms with van der Waals surface area (Å²) in [5.41, 5.74) is 28.3. The molecule has 692 valence electrons. The average molecular weight is 1890 g/mol. The number of fused-ring (bicyclic) bond motifs is 28. The van der Waals surface area contributed by atoms with E-state index >= 15 is 0 Å². The molecule has 0 radical (unpaired) electrons. The number of rotatable bonds is 16. The van der Waals surface area contributed by atoms with E-state index in [-0.39, 0.29) is 0 Å². The zero-order chi connectivity index (χ0) is 97.4. The lowest BCUT2D eigenvalue weighted by atomic mass is 9.90. The van der Waals surface area contributed by atoms with Crippen LogP contribution in [0.4, 0.5) is 68.2 Å². The first-order valence-electron chi connectivity index (χ1n) is 50.5. The zero-order valence-corrected chi connectivity index (χ0v) is 80.2. The predicted octanol–water partition coefficient (Wildman–Crippen LogP) is 40.7. The largest absolute Gasteiger partial charge is 0.456 e. The number of anilines is 12. The van der Waals surface area contributed by atoms with Gasteiger partial charge in [-0.15, -0.1) is 0 Å². The van der Waals surface area contributed by atoms with E-state index in [1.165, 1.54) is 80.8 Å². The van der Waals surface area contributed by atoms with Crippen LogP contribution in [0, 0.1) is 0 Å². The first-order chi connectivity index (χ1) is 73.4. The summed E-state index contributed by atoms with van der Waals surface area (Å²) in [5.74, 6) is 0. The zero-order valence-electron chi connectivity index (χ0n) is 80.2. The molecule has 30 aromatic rings. The van der Waals surface area contributed by atoms with E-state index in [9.17, 15) is 0 Å². The normalized spacial score (nSPS) is 11.8. The minimum Gasteiger partial charge on any atom is -0.456 e. The van der Waals surface area contributed by atoms with Crippen molar-refractivity contribution >= 4 is 242 Å². The molecule has 0 atom stereocenters. The molecule has 8 nitrogen and oxygen atoms in total. The predicted molar refractivity (Wildman–Crippen MR) is 623 cm³/mol. The second kappa shape index (κ2) is 35.1. The van der Waals surface area contributed by atoms with Gasteiger partial charge in [-0.1, -0.05) is 388 Å². The van der Waals surface area contributed by atoms with Crippen LogP contribution in [0.25, 0.3) is 218 Å². The quantitative estimate of drug-likeness (QED) is 0.0887. The highest BCUT2D eigenvalue weighted by atomic mass is 16.3. The van der Waals surface area contributed by atoms with E-state index < -0.39 is 0 Å². The molecule has 4 aromatic heterocycles. The van der Waals surface area contributed by atoms with E-state index in [1.54, 1.807) is 0 Å². The van der Waals surface area contributed by atoms with E-state index in [2.05, 4.69) is 529 Å². The van der Waals surface area contributed by atoms with Crippen LogP contribution in [0.3, 0.4) is 0 Å². The van der Waals surface area contributed by atoms with Crippen molar-refractivity contribution in [3.8, 4) is 44.5 Å². The summed E-state index contributed by atoms with van der Waals surface area (Å²) in [6.07, 6.45) is 0. The minimum atomic E-state index is 0.830. The molecule has 0 amide bonds. The van der Waals surface area contributed by atoms with Crippen molar-refractivity contribution in [2.45, 2.75) is 0 Å². The Bertz CT molecular complexity index is 10500. The number of hydrogen-bond acceptors (Lipinski definition) is 8. The average Bonchev–Trinajstić information content (AvgIpc) is 1.15. The Hall–Kier alpha value is -19.8. The Kier molecular flexibility index (Phi) is 20.2. The maximum atomic E-state index is 7.20. The highest BCUT2D eigenvalue weighted by molar-refractivity contribution is 6.34. The molecule has 30 rings (SSSR count). The Morgan fingerprint density at radius 3 is 0.791 bits per heavy atom. The van der Waals surface area contributed by atoms with Crippen molar-refractivity contribution in [1.29, 1.82) is 0 Å². The standard InChI is InChI=1S/C82H52N2O2.C58H36N2O2/c1-5-23-53(24-6-1)60-31-15-17-41-74(60)83(76-43-21-39-71-69-37-19-35-63(79(69)85-81(71)76)55-27-9-3-10-28-55)58-46-49-62-57(51-58)45-48-68-66-50-47-59(52-73(66)65-33-13-14-34-67(65)78(62)68)84(75-42-18-16-32-61(75)54-25-7-2-8-26-54)77-44-22-40-72-70-38-20-36-64(80(70)86-82(72)77)56-29-11-4-12-30-56;1-3-13-38(14-4-1)59(42-26-31-49-47-18-9-11-21-54(47)61-56(49)35-42)40-24-29-44-37(33-40)23-28-52-46-30-25-41(34-53(46)45-17-7-8-20-51(45)58(44)52)60(39-15-5-2-6-16-39)43-27-32-50-48-19-10-12-22-55(48)62-57(50)36-43/h1-52H;1-36H. The van der Waals surface area contributed by atoms with Gasteiger partial charge in [0, 0.05) is 123 Å². The molecule has 0 spiro atoms. The van der Waals surface area contributed by atoms with Gasteiger partial charge < -0.3 is 37.3 Å². The second-order valence-electron chi connectivity index (χ2n) is 38.3. The third kappa shape index (κ3) is 14.1. The number of furan rings is 4. The molecule has 4 heterocycles. The molecule has 0 aliphatic rings. The minimum absolute atomic E-state index is 0.830. The topological polar surface area (TPSA) is 65.5 Å². The van der Waals surface area contributed by atoms with Crippen molar-refractivity contribution in [2.24, 2.45) is 0 Å². The van der Waals surface area contributed by atoms with Crippen molar-refractivity contribution in [3.63, 3.8) is 0 Å². The lowest BCUT2D eigenvalue weighted by molar-refractivity contribution is 0.668. The Labute approximate surface area is 851 Å². The molecule has 0 N–H and O–H groups in total. The summed E-state index contributed by atoms with van der Waals surface area (Å²) >= 11 is 0. The number of benzene rings is 26. The summed E-state index contributed by atoms with van der Waals surface area (Å²) < 4.78 is 27.1. The molecule has 148 heavy (non-hydrogen) atoms. The van der Waals surface area contributed by atoms with Crippen LogP contribution >= 0.6 is 0 Å². The molecule has 8 heteroatoms. The maximum absolute atomic E-state index is 7.20. The molecular formula is C140H88N4O4. The van der Waals surface area contributed by atoms with Crippen LogP contribution in [0.1, 0.15) is 0 Å². The smallest absolute Gasteiger partial charge is 0.159 e. The van der Waals surface area contributed by atoms with E-state index in [4.69, 9.17) is 17.7 Å². The molecule has 0 saturated carbocycles. The Morgan fingerprint density at radius 1 is 0.122 bits per heavy atom. The summed E-state index contributed by atoms with van der Waals surface area (Å²) in [4.78, 5) is 9.46. The van der Waals surface area contributed by atoms with Crippen molar-refractivity contribution in [3.05, 3.63) is 534 Å². The monoisotopic (exact) mass is 1890 g/mol. The Balaban J connectivity index is 0.000000147. The van der Waals surface area contributed by atoms with Gasteiger partial charge in [0.05, 0.1) is 22.7 Å². The maximum Gasteiger partial charge on any atom is 0.159 e. The SMILES string of the molecule is c1ccc(-c2ccccc2N(c2ccc3c(ccc4c5ccc(N(c6ccccc6-c6ccccc6)c6cccc7c6oc6c(-c8ccccc8)cccc67)cc5c5ccccc5c34)c2)c2cccc3c2oc2c(-c4ccccc4)cccc23)cc1.c1ccc(N(c2ccc3c(ccc4c5ccc(N(c6ccccc6)c6ccc7c(c6)oc6ccccc67)cc5c5ccccc5c34)c2)c2ccc3c(c2)oc2ccccc23)cc1. The number of hydrogen-bond donors (Lipinski definition) is 0. The fraction of sp³-hybridized carbons (Fsp3) is 0. The molecule has 0 fully saturated rings.